The fraction of sp³-hybridized carbons (Fsp3) is 0.273. The zero-order valence-electron chi connectivity index (χ0n) is 8.68. The lowest BCUT2D eigenvalue weighted by Gasteiger charge is -2.03. The second-order valence-corrected chi connectivity index (χ2v) is 4.03. The molecular formula is C11H10BrFN2O. The molecule has 1 aromatic carbocycles. The minimum Gasteiger partial charge on any atom is -0.319 e. The number of nitrogens with zero attached hydrogens (tertiary/aromatic N) is 1. The highest BCUT2D eigenvalue weighted by atomic mass is 79.9. The summed E-state index contributed by atoms with van der Waals surface area (Å²) in [6.07, 6.45) is 0.491. The lowest BCUT2D eigenvalue weighted by Crippen LogP contribution is -2.14. The summed E-state index contributed by atoms with van der Waals surface area (Å²) in [6, 6.07) is 3.14. The number of fused-ring (bicyclic) bond motifs is 1. The van der Waals surface area contributed by atoms with Crippen molar-refractivity contribution in [2.75, 3.05) is 0 Å². The van der Waals surface area contributed by atoms with Crippen LogP contribution in [0.3, 0.4) is 0 Å². The molecule has 0 aliphatic rings. The van der Waals surface area contributed by atoms with E-state index in [0.29, 0.717) is 23.0 Å². The van der Waals surface area contributed by atoms with Crippen LogP contribution in [0.1, 0.15) is 18.2 Å². The molecule has 0 aliphatic carbocycles. The molecule has 0 fully saturated rings. The van der Waals surface area contributed by atoms with Gasteiger partial charge in [-0.25, -0.2) is 9.37 Å². The number of aromatic nitrogens is 2. The van der Waals surface area contributed by atoms with Crippen LogP contribution < -0.4 is 5.56 Å². The molecule has 0 saturated carbocycles. The molecule has 84 valence electrons. The Morgan fingerprint density at radius 3 is 2.88 bits per heavy atom. The minimum absolute atomic E-state index is 0.223. The van der Waals surface area contributed by atoms with Gasteiger partial charge in [-0.15, -0.1) is 0 Å². The topological polar surface area (TPSA) is 45.8 Å². The van der Waals surface area contributed by atoms with Crippen LogP contribution in [0.2, 0.25) is 0 Å². The van der Waals surface area contributed by atoms with E-state index in [4.69, 9.17) is 0 Å². The fourth-order valence-corrected chi connectivity index (χ4v) is 1.88. The van der Waals surface area contributed by atoms with E-state index in [2.05, 4.69) is 25.9 Å². The van der Waals surface area contributed by atoms with Crippen molar-refractivity contribution in [2.24, 2.45) is 0 Å². The van der Waals surface area contributed by atoms with Crippen molar-refractivity contribution in [1.29, 1.82) is 0 Å². The molecule has 1 N–H and O–H groups in total. The second kappa shape index (κ2) is 4.33. The van der Waals surface area contributed by atoms with E-state index < -0.39 is 5.82 Å². The number of H-pyrrole nitrogens is 1. The molecule has 0 amide bonds. The van der Waals surface area contributed by atoms with Crippen molar-refractivity contribution in [3.05, 3.63) is 39.6 Å². The third-order valence-corrected chi connectivity index (χ3v) is 3.02. The summed E-state index contributed by atoms with van der Waals surface area (Å²) < 4.78 is 13.7. The molecule has 2 aromatic rings. The molecule has 0 bridgehead atoms. The Bertz CT molecular complexity index is 594. The van der Waals surface area contributed by atoms with Crippen LogP contribution in [0.4, 0.5) is 4.39 Å². The molecule has 0 radical (unpaired) electrons. The third kappa shape index (κ3) is 1.87. The predicted molar refractivity (Wildman–Crippen MR) is 64.3 cm³/mol. The highest BCUT2D eigenvalue weighted by molar-refractivity contribution is 9.08. The highest BCUT2D eigenvalue weighted by Gasteiger charge is 2.08. The van der Waals surface area contributed by atoms with E-state index in [1.165, 1.54) is 6.07 Å². The number of aryl methyl sites for hydroxylation is 1. The van der Waals surface area contributed by atoms with E-state index in [-0.39, 0.29) is 11.1 Å². The van der Waals surface area contributed by atoms with E-state index >= 15 is 0 Å². The molecule has 0 spiro atoms. The molecule has 1 aromatic heterocycles. The Morgan fingerprint density at radius 1 is 1.50 bits per heavy atom. The summed E-state index contributed by atoms with van der Waals surface area (Å²) in [5.74, 6) is -0.405. The first-order chi connectivity index (χ1) is 7.65. The van der Waals surface area contributed by atoms with Crippen LogP contribution in [0.15, 0.2) is 16.9 Å². The number of rotatable bonds is 2. The molecule has 0 aliphatic heterocycles. The van der Waals surface area contributed by atoms with E-state index in [9.17, 15) is 9.18 Å². The fourth-order valence-electron chi connectivity index (χ4n) is 1.56. The first-order valence-electron chi connectivity index (χ1n) is 4.93. The van der Waals surface area contributed by atoms with Gasteiger partial charge in [-0.3, -0.25) is 4.79 Å². The van der Waals surface area contributed by atoms with Crippen LogP contribution in [-0.4, -0.2) is 9.97 Å². The average Bonchev–Trinajstić information content (AvgIpc) is 2.28. The number of hydrogen-bond acceptors (Lipinski definition) is 2. The number of halogens is 2. The van der Waals surface area contributed by atoms with Gasteiger partial charge >= 0.3 is 0 Å². The van der Waals surface area contributed by atoms with Crippen molar-refractivity contribution in [2.45, 2.75) is 18.7 Å². The van der Waals surface area contributed by atoms with Crippen LogP contribution in [0.25, 0.3) is 11.0 Å². The molecule has 2 rings (SSSR count). The van der Waals surface area contributed by atoms with Crippen molar-refractivity contribution in [3.8, 4) is 0 Å². The molecule has 0 atom stereocenters. The number of aromatic amines is 1. The Morgan fingerprint density at radius 2 is 2.25 bits per heavy atom. The van der Waals surface area contributed by atoms with Gasteiger partial charge in [-0.05, 0) is 24.1 Å². The zero-order valence-corrected chi connectivity index (χ0v) is 10.3. The molecule has 0 unspecified atom stereocenters. The summed E-state index contributed by atoms with van der Waals surface area (Å²) >= 11 is 3.24. The standard InChI is InChI=1S/C11H10BrFN2O/c1-2-8-11(16)15-9-4-6(5-12)3-7(13)10(9)14-8/h3-4H,2,5H2,1H3,(H,15,16). The van der Waals surface area contributed by atoms with E-state index in [1.807, 2.05) is 6.92 Å². The molecule has 0 saturated heterocycles. The summed E-state index contributed by atoms with van der Waals surface area (Å²) in [4.78, 5) is 18.2. The van der Waals surface area contributed by atoms with Crippen molar-refractivity contribution in [1.82, 2.24) is 9.97 Å². The quantitative estimate of drug-likeness (QED) is 0.862. The van der Waals surface area contributed by atoms with Crippen molar-refractivity contribution >= 4 is 27.0 Å². The summed E-state index contributed by atoms with van der Waals surface area (Å²) in [7, 11) is 0. The normalized spacial score (nSPS) is 10.9. The largest absolute Gasteiger partial charge is 0.319 e. The Balaban J connectivity index is 2.80. The van der Waals surface area contributed by atoms with Gasteiger partial charge in [0.15, 0.2) is 5.82 Å². The van der Waals surface area contributed by atoms with Gasteiger partial charge in [0, 0.05) is 5.33 Å². The van der Waals surface area contributed by atoms with Gasteiger partial charge in [0.1, 0.15) is 11.2 Å². The Hall–Kier alpha value is -1.23. The van der Waals surface area contributed by atoms with Gasteiger partial charge in [-0.1, -0.05) is 22.9 Å². The molecule has 3 nitrogen and oxygen atoms in total. The van der Waals surface area contributed by atoms with Gasteiger partial charge in [-0.2, -0.15) is 0 Å². The van der Waals surface area contributed by atoms with Crippen LogP contribution in [0.5, 0.6) is 0 Å². The first-order valence-corrected chi connectivity index (χ1v) is 6.05. The van der Waals surface area contributed by atoms with E-state index in [1.54, 1.807) is 6.07 Å². The second-order valence-electron chi connectivity index (χ2n) is 3.47. The summed E-state index contributed by atoms with van der Waals surface area (Å²) in [5.41, 5.74) is 1.55. The maximum Gasteiger partial charge on any atom is 0.270 e. The lowest BCUT2D eigenvalue weighted by molar-refractivity contribution is 0.634. The third-order valence-electron chi connectivity index (χ3n) is 2.37. The van der Waals surface area contributed by atoms with Gasteiger partial charge < -0.3 is 4.98 Å². The summed E-state index contributed by atoms with van der Waals surface area (Å²) in [6.45, 7) is 1.81. The monoisotopic (exact) mass is 284 g/mol. The molecule has 1 heterocycles. The van der Waals surface area contributed by atoms with Gasteiger partial charge in [0.2, 0.25) is 0 Å². The smallest absolute Gasteiger partial charge is 0.270 e. The molecular weight excluding hydrogens is 275 g/mol. The minimum atomic E-state index is -0.405. The van der Waals surface area contributed by atoms with E-state index in [0.717, 1.165) is 5.56 Å². The van der Waals surface area contributed by atoms with Crippen LogP contribution in [0, 0.1) is 5.82 Å². The number of alkyl halides is 1. The number of nitrogens with one attached hydrogen (secondary N) is 1. The summed E-state index contributed by atoms with van der Waals surface area (Å²) in [5, 5.41) is 0.539. The lowest BCUT2D eigenvalue weighted by atomic mass is 10.2. The molecule has 16 heavy (non-hydrogen) atoms. The first kappa shape index (κ1) is 11.3. The maximum atomic E-state index is 13.7. The number of benzene rings is 1. The average molecular weight is 285 g/mol. The highest BCUT2D eigenvalue weighted by Crippen LogP contribution is 2.17. The van der Waals surface area contributed by atoms with Crippen molar-refractivity contribution < 1.29 is 4.39 Å². The molecule has 5 heteroatoms. The Kier molecular flexibility index (Phi) is 3.05. The van der Waals surface area contributed by atoms with Crippen LogP contribution in [-0.2, 0) is 11.8 Å². The van der Waals surface area contributed by atoms with Crippen molar-refractivity contribution in [3.63, 3.8) is 0 Å². The van der Waals surface area contributed by atoms with Gasteiger partial charge in [0.05, 0.1) is 5.52 Å². The van der Waals surface area contributed by atoms with Gasteiger partial charge in [0.25, 0.3) is 5.56 Å². The zero-order chi connectivity index (χ0) is 11.7. The SMILES string of the molecule is CCc1nc2c(F)cc(CBr)cc2[nH]c1=O. The maximum absolute atomic E-state index is 13.7. The predicted octanol–water partition coefficient (Wildman–Crippen LogP) is 2.52. The Labute approximate surface area is 99.8 Å². The number of hydrogen-bond donors (Lipinski definition) is 1. The van der Waals surface area contributed by atoms with Crippen LogP contribution >= 0.6 is 15.9 Å².